The van der Waals surface area contributed by atoms with Crippen molar-refractivity contribution in [2.75, 3.05) is 20.2 Å². The molecule has 0 aromatic carbocycles. The van der Waals surface area contributed by atoms with Crippen molar-refractivity contribution in [3.8, 4) is 12.3 Å². The van der Waals surface area contributed by atoms with E-state index in [1.807, 2.05) is 26.0 Å². The third kappa shape index (κ3) is 3.09. The Labute approximate surface area is 207 Å². The van der Waals surface area contributed by atoms with Gasteiger partial charge in [0.25, 0.3) is 0 Å². The van der Waals surface area contributed by atoms with E-state index >= 15 is 0 Å². The molecule has 2 saturated carbocycles. The van der Waals surface area contributed by atoms with Gasteiger partial charge in [-0.2, -0.15) is 0 Å². The number of rotatable bonds is 2. The quantitative estimate of drug-likeness (QED) is 0.479. The molecule has 2 bridgehead atoms. The van der Waals surface area contributed by atoms with Gasteiger partial charge >= 0.3 is 6.09 Å². The SMILES string of the molecule is C#CCN(C)C(=O)O[C@H]1C(C)=CC23C(=O)[C@@H](C=C4COC(C)(C)O[C@H]4[C@]12O)[C@H]1[C@@H](CC3C)C1(C)C. The van der Waals surface area contributed by atoms with Crippen LogP contribution in [0.5, 0.6) is 0 Å². The largest absolute Gasteiger partial charge is 0.438 e. The number of aliphatic hydroxyl groups is 1. The van der Waals surface area contributed by atoms with E-state index in [1.54, 1.807) is 20.9 Å². The molecule has 5 aliphatic rings. The average molecular weight is 484 g/mol. The Morgan fingerprint density at radius 3 is 2.69 bits per heavy atom. The maximum absolute atomic E-state index is 14.6. The highest BCUT2D eigenvalue weighted by atomic mass is 16.7. The molecule has 1 N–H and O–H groups in total. The Morgan fingerprint density at radius 1 is 1.34 bits per heavy atom. The molecular formula is C28H37NO6. The number of hydrogen-bond donors (Lipinski definition) is 1. The molecule has 190 valence electrons. The van der Waals surface area contributed by atoms with Crippen molar-refractivity contribution in [3.63, 3.8) is 0 Å². The minimum Gasteiger partial charge on any atom is -0.438 e. The third-order valence-electron chi connectivity index (χ3n) is 9.53. The topological polar surface area (TPSA) is 85.3 Å². The van der Waals surface area contributed by atoms with Crippen molar-refractivity contribution in [1.29, 1.82) is 0 Å². The van der Waals surface area contributed by atoms with Gasteiger partial charge in [0.15, 0.2) is 23.3 Å². The fourth-order valence-corrected chi connectivity index (χ4v) is 7.69. The first kappa shape index (κ1) is 24.5. The van der Waals surface area contributed by atoms with E-state index in [9.17, 15) is 14.7 Å². The lowest BCUT2D eigenvalue weighted by Crippen LogP contribution is -2.68. The maximum atomic E-state index is 14.6. The number of amides is 1. The molecule has 1 saturated heterocycles. The lowest BCUT2D eigenvalue weighted by molar-refractivity contribution is -0.303. The van der Waals surface area contributed by atoms with Crippen LogP contribution in [0.4, 0.5) is 4.79 Å². The van der Waals surface area contributed by atoms with Gasteiger partial charge in [0.1, 0.15) is 6.10 Å². The second kappa shape index (κ2) is 7.44. The first-order valence-corrected chi connectivity index (χ1v) is 12.6. The van der Waals surface area contributed by atoms with E-state index in [2.05, 4.69) is 19.8 Å². The summed E-state index contributed by atoms with van der Waals surface area (Å²) in [5, 5.41) is 12.9. The number of hydrogen-bond acceptors (Lipinski definition) is 6. The molecular weight excluding hydrogens is 446 g/mol. The number of Topliss-reactive ketones (excluding diaryl/α,β-unsaturated/α-hetero) is 1. The highest BCUT2D eigenvalue weighted by molar-refractivity contribution is 5.95. The van der Waals surface area contributed by atoms with E-state index in [4.69, 9.17) is 20.6 Å². The second-order valence-electron chi connectivity index (χ2n) is 12.3. The normalized spacial score (nSPS) is 44.3. The van der Waals surface area contributed by atoms with Crippen LogP contribution >= 0.6 is 0 Å². The third-order valence-corrected chi connectivity index (χ3v) is 9.53. The predicted molar refractivity (Wildman–Crippen MR) is 129 cm³/mol. The van der Waals surface area contributed by atoms with Crippen LogP contribution in [0, 0.1) is 46.8 Å². The second-order valence-corrected chi connectivity index (χ2v) is 12.3. The van der Waals surface area contributed by atoms with Gasteiger partial charge in [-0.3, -0.25) is 4.79 Å². The Bertz CT molecular complexity index is 1080. The molecule has 4 aliphatic carbocycles. The molecule has 7 heteroatoms. The van der Waals surface area contributed by atoms with Crippen LogP contribution < -0.4 is 0 Å². The number of ether oxygens (including phenoxy) is 3. The van der Waals surface area contributed by atoms with Crippen molar-refractivity contribution < 1.29 is 28.9 Å². The standard InChI is InChI=1S/C28H37NO6/c1-9-10-29(8)24(31)34-22-15(2)13-27-16(3)11-19-20(25(19,4)5)18(21(27)30)12-17-14-33-26(6,7)35-23(17)28(22,27)32/h1,12-13,16,18-20,22-23,32H,10-11,14H2,2-8H3/t16?,18-,19+,20-,22-,23+,27?,28+/m0/s1. The van der Waals surface area contributed by atoms with E-state index in [-0.39, 0.29) is 42.1 Å². The summed E-state index contributed by atoms with van der Waals surface area (Å²) < 4.78 is 18.3. The van der Waals surface area contributed by atoms with E-state index in [0.29, 0.717) is 11.5 Å². The number of fused-ring (bicyclic) bond motifs is 5. The highest BCUT2D eigenvalue weighted by Gasteiger charge is 2.77. The van der Waals surface area contributed by atoms with Crippen LogP contribution in [-0.4, -0.2) is 65.7 Å². The predicted octanol–water partition coefficient (Wildman–Crippen LogP) is 3.32. The van der Waals surface area contributed by atoms with Gasteiger partial charge in [0.05, 0.1) is 18.6 Å². The first-order valence-electron chi connectivity index (χ1n) is 12.6. The van der Waals surface area contributed by atoms with Crippen molar-refractivity contribution in [2.24, 2.45) is 34.5 Å². The van der Waals surface area contributed by atoms with Gasteiger partial charge in [-0.25, -0.2) is 4.79 Å². The molecule has 8 atom stereocenters. The highest BCUT2D eigenvalue weighted by Crippen LogP contribution is 2.72. The molecule has 1 amide bonds. The summed E-state index contributed by atoms with van der Waals surface area (Å²) >= 11 is 0. The zero-order chi connectivity index (χ0) is 25.7. The molecule has 2 unspecified atom stereocenters. The molecule has 35 heavy (non-hydrogen) atoms. The minimum absolute atomic E-state index is 0.0104. The average Bonchev–Trinajstić information content (AvgIpc) is 3.26. The van der Waals surface area contributed by atoms with E-state index in [0.717, 1.165) is 12.0 Å². The summed E-state index contributed by atoms with van der Waals surface area (Å²) in [6.07, 6.45) is 7.48. The number of carbonyl (C=O) groups excluding carboxylic acids is 2. The van der Waals surface area contributed by atoms with Gasteiger partial charge in [0, 0.05) is 13.0 Å². The van der Waals surface area contributed by atoms with Crippen LogP contribution in [-0.2, 0) is 19.0 Å². The Morgan fingerprint density at radius 2 is 2.03 bits per heavy atom. The van der Waals surface area contributed by atoms with Gasteiger partial charge in [-0.1, -0.05) is 38.8 Å². The van der Waals surface area contributed by atoms with Gasteiger partial charge in [-0.05, 0) is 61.5 Å². The van der Waals surface area contributed by atoms with E-state index < -0.39 is 35.1 Å². The molecule has 7 nitrogen and oxygen atoms in total. The van der Waals surface area contributed by atoms with Gasteiger partial charge < -0.3 is 24.2 Å². The summed E-state index contributed by atoms with van der Waals surface area (Å²) in [5.41, 5.74) is -1.64. The van der Waals surface area contributed by atoms with Crippen molar-refractivity contribution in [3.05, 3.63) is 23.3 Å². The Kier molecular flexibility index (Phi) is 5.22. The minimum atomic E-state index is -1.82. The van der Waals surface area contributed by atoms with Crippen LogP contribution in [0.25, 0.3) is 0 Å². The molecule has 1 aliphatic heterocycles. The number of ketones is 1. The molecule has 0 aromatic heterocycles. The molecule has 1 heterocycles. The van der Waals surface area contributed by atoms with E-state index in [1.165, 1.54) is 4.90 Å². The first-order chi connectivity index (χ1) is 16.2. The number of nitrogens with zero attached hydrogens (tertiary/aromatic N) is 1. The number of carbonyl (C=O) groups is 2. The van der Waals surface area contributed by atoms with Gasteiger partial charge in [-0.15, -0.1) is 6.42 Å². The lowest BCUT2D eigenvalue weighted by Gasteiger charge is -2.52. The van der Waals surface area contributed by atoms with Crippen molar-refractivity contribution in [1.82, 2.24) is 4.90 Å². The monoisotopic (exact) mass is 483 g/mol. The number of terminal acetylenes is 1. The van der Waals surface area contributed by atoms with Crippen LogP contribution in [0.15, 0.2) is 23.3 Å². The fraction of sp³-hybridized carbons (Fsp3) is 0.714. The lowest BCUT2D eigenvalue weighted by atomic mass is 9.59. The molecule has 0 aromatic rings. The molecule has 5 rings (SSSR count). The maximum Gasteiger partial charge on any atom is 0.411 e. The summed E-state index contributed by atoms with van der Waals surface area (Å²) in [7, 11) is 1.55. The molecule has 1 spiro atoms. The zero-order valence-electron chi connectivity index (χ0n) is 21.8. The summed E-state index contributed by atoms with van der Waals surface area (Å²) in [6.45, 7) is 12.2. The van der Waals surface area contributed by atoms with Crippen LogP contribution in [0.2, 0.25) is 0 Å². The zero-order valence-corrected chi connectivity index (χ0v) is 21.8. The fourth-order valence-electron chi connectivity index (χ4n) is 7.69. The molecule has 3 fully saturated rings. The summed E-state index contributed by atoms with van der Waals surface area (Å²) in [5.74, 6) is 1.48. The Hall–Kier alpha value is -2.14. The van der Waals surface area contributed by atoms with Gasteiger partial charge in [0.2, 0.25) is 0 Å². The van der Waals surface area contributed by atoms with Crippen molar-refractivity contribution in [2.45, 2.75) is 71.6 Å². The van der Waals surface area contributed by atoms with Crippen molar-refractivity contribution >= 4 is 11.9 Å². The van der Waals surface area contributed by atoms with Crippen LogP contribution in [0.3, 0.4) is 0 Å². The smallest absolute Gasteiger partial charge is 0.411 e. The molecule has 0 radical (unpaired) electrons. The summed E-state index contributed by atoms with van der Waals surface area (Å²) in [4.78, 5) is 28.8. The summed E-state index contributed by atoms with van der Waals surface area (Å²) in [6, 6.07) is 0. The number of allylic oxidation sites excluding steroid dienone is 1. The van der Waals surface area contributed by atoms with Crippen LogP contribution in [0.1, 0.15) is 48.0 Å². The Balaban J connectivity index is 1.69.